The summed E-state index contributed by atoms with van der Waals surface area (Å²) in [5.74, 6) is 0.743. The van der Waals surface area contributed by atoms with Crippen molar-refractivity contribution in [2.45, 2.75) is 69.6 Å². The zero-order valence-corrected chi connectivity index (χ0v) is 29.1. The van der Waals surface area contributed by atoms with Gasteiger partial charge in [-0.05, 0) is 77.5 Å². The average Bonchev–Trinajstić information content (AvgIpc) is 3.65. The van der Waals surface area contributed by atoms with E-state index in [1.807, 2.05) is 0 Å². The van der Waals surface area contributed by atoms with E-state index in [9.17, 15) is 0 Å². The van der Waals surface area contributed by atoms with Gasteiger partial charge < -0.3 is 9.88 Å². The van der Waals surface area contributed by atoms with Crippen LogP contribution in [0.2, 0.25) is 0 Å². The fraction of sp³-hybridized carbons (Fsp3) is 0.277. The van der Waals surface area contributed by atoms with Gasteiger partial charge in [-0.3, -0.25) is 5.32 Å². The Balaban J connectivity index is 1.11. The summed E-state index contributed by atoms with van der Waals surface area (Å²) in [5, 5.41) is 13.7. The van der Waals surface area contributed by atoms with Gasteiger partial charge in [-0.1, -0.05) is 135 Å². The molecule has 5 aromatic rings. The Kier molecular flexibility index (Phi) is 6.96. The summed E-state index contributed by atoms with van der Waals surface area (Å²) in [6.07, 6.45) is 28.9. The van der Waals surface area contributed by atoms with Gasteiger partial charge in [0.15, 0.2) is 0 Å². The minimum atomic E-state index is -0.0748. The number of hydrogen-bond acceptors (Lipinski definition) is 2. The molecule has 0 spiro atoms. The Morgan fingerprint density at radius 3 is 2.44 bits per heavy atom. The molecule has 4 aromatic carbocycles. The monoisotopic (exact) mass is 651 g/mol. The first-order valence-corrected chi connectivity index (χ1v) is 18.8. The summed E-state index contributed by atoms with van der Waals surface area (Å²) in [5.41, 5.74) is 11.3. The molecule has 3 nitrogen and oxygen atoms in total. The second kappa shape index (κ2) is 11.6. The predicted octanol–water partition coefficient (Wildman–Crippen LogP) is 10.9. The second-order valence-electron chi connectivity index (χ2n) is 15.5. The molecule has 4 aliphatic carbocycles. The Morgan fingerprint density at radius 1 is 0.780 bits per heavy atom. The molecule has 1 aromatic heterocycles. The zero-order valence-electron chi connectivity index (χ0n) is 29.1. The maximum atomic E-state index is 4.09. The van der Waals surface area contributed by atoms with Crippen molar-refractivity contribution in [3.63, 3.8) is 0 Å². The molecular formula is C47H45N3. The van der Waals surface area contributed by atoms with Crippen LogP contribution in [0.5, 0.6) is 0 Å². The molecule has 0 fully saturated rings. The van der Waals surface area contributed by atoms with E-state index in [1.54, 1.807) is 0 Å². The van der Waals surface area contributed by atoms with Crippen LogP contribution in [-0.4, -0.2) is 16.8 Å². The van der Waals surface area contributed by atoms with E-state index >= 15 is 0 Å². The van der Waals surface area contributed by atoms with E-state index in [-0.39, 0.29) is 17.6 Å². The van der Waals surface area contributed by atoms with Crippen LogP contribution in [-0.2, 0) is 5.41 Å². The lowest BCUT2D eigenvalue weighted by molar-refractivity contribution is 0.275. The van der Waals surface area contributed by atoms with Gasteiger partial charge in [-0.15, -0.1) is 0 Å². The van der Waals surface area contributed by atoms with E-state index in [0.717, 1.165) is 32.1 Å². The van der Waals surface area contributed by atoms with Crippen LogP contribution in [0, 0.1) is 11.8 Å². The molecule has 0 bridgehead atoms. The van der Waals surface area contributed by atoms with Crippen LogP contribution in [0.1, 0.15) is 63.1 Å². The standard InChI is InChI=1S/C47H45N3/c1-47(2)38-26-13-11-24-36(38)42-43-37-25-12-14-27-41(37)50(45(43)35-23-10-9-22-34(35)44(42)47)33-21-15-20-32(28-33)46-48-39(30-16-5-3-6-17-30)29-40(49-46)31-18-7-4-8-19-31/h3-7,9-16,18,20,22-27,29-30,32-33,40,46,48-49H,8,17,19,21,28H2,1-2H3. The van der Waals surface area contributed by atoms with Crippen molar-refractivity contribution >= 4 is 32.6 Å². The first-order chi connectivity index (χ1) is 24.6. The lowest BCUT2D eigenvalue weighted by Gasteiger charge is -2.41. The summed E-state index contributed by atoms with van der Waals surface area (Å²) >= 11 is 0. The van der Waals surface area contributed by atoms with E-state index in [4.69, 9.17) is 0 Å². The number of fused-ring (bicyclic) bond motifs is 10. The molecule has 1 aliphatic heterocycles. The third-order valence-electron chi connectivity index (χ3n) is 12.3. The first-order valence-electron chi connectivity index (χ1n) is 18.8. The molecule has 10 rings (SSSR count). The third kappa shape index (κ3) is 4.52. The number of benzene rings is 4. The number of nitrogens with one attached hydrogen (secondary N) is 2. The molecule has 0 saturated heterocycles. The van der Waals surface area contributed by atoms with E-state index < -0.39 is 0 Å². The zero-order chi connectivity index (χ0) is 33.4. The van der Waals surface area contributed by atoms with Gasteiger partial charge in [0.2, 0.25) is 0 Å². The number of hydrogen-bond donors (Lipinski definition) is 2. The van der Waals surface area contributed by atoms with E-state index in [2.05, 4.69) is 163 Å². The Morgan fingerprint density at radius 2 is 1.60 bits per heavy atom. The summed E-state index contributed by atoms with van der Waals surface area (Å²) in [6, 6.07) is 28.2. The summed E-state index contributed by atoms with van der Waals surface area (Å²) in [6.45, 7) is 4.84. The fourth-order valence-electron chi connectivity index (χ4n) is 10.0. The van der Waals surface area contributed by atoms with Crippen LogP contribution in [0.3, 0.4) is 0 Å². The molecule has 5 aliphatic rings. The molecule has 5 atom stereocenters. The Hall–Kier alpha value is -4.86. The average molecular weight is 652 g/mol. The molecule has 50 heavy (non-hydrogen) atoms. The van der Waals surface area contributed by atoms with E-state index in [0.29, 0.717) is 17.9 Å². The molecular weight excluding hydrogens is 607 g/mol. The summed E-state index contributed by atoms with van der Waals surface area (Å²) in [7, 11) is 0. The lowest BCUT2D eigenvalue weighted by Crippen LogP contribution is -2.56. The van der Waals surface area contributed by atoms with Gasteiger partial charge in [0.1, 0.15) is 0 Å². The van der Waals surface area contributed by atoms with Crippen LogP contribution < -0.4 is 10.6 Å². The molecule has 2 N–H and O–H groups in total. The number of allylic oxidation sites excluding steroid dienone is 8. The molecule has 3 heteroatoms. The second-order valence-corrected chi connectivity index (χ2v) is 15.5. The van der Waals surface area contributed by atoms with Crippen LogP contribution in [0.15, 0.2) is 145 Å². The smallest absolute Gasteiger partial charge is 0.0837 e. The normalized spacial score (nSPS) is 26.6. The summed E-state index contributed by atoms with van der Waals surface area (Å²) < 4.78 is 2.75. The van der Waals surface area contributed by atoms with Gasteiger partial charge >= 0.3 is 0 Å². The molecule has 5 unspecified atom stereocenters. The summed E-state index contributed by atoms with van der Waals surface area (Å²) in [4.78, 5) is 0. The van der Waals surface area contributed by atoms with Crippen molar-refractivity contribution < 1.29 is 0 Å². The predicted molar refractivity (Wildman–Crippen MR) is 210 cm³/mol. The SMILES string of the molecule is CC1(C)c2ccccc2-c2c1c1ccccc1c1c2c2ccccc2n1C1CC=CC(C2NC(C3C=CC=CC3)=CC(C3=CC=CCC3)N2)C1. The highest BCUT2D eigenvalue weighted by Gasteiger charge is 2.40. The van der Waals surface area contributed by atoms with Crippen molar-refractivity contribution in [1.82, 2.24) is 15.2 Å². The van der Waals surface area contributed by atoms with Gasteiger partial charge in [0, 0.05) is 50.7 Å². The topological polar surface area (TPSA) is 29.0 Å². The van der Waals surface area contributed by atoms with Gasteiger partial charge in [-0.2, -0.15) is 0 Å². The van der Waals surface area contributed by atoms with Crippen molar-refractivity contribution in [2.75, 3.05) is 0 Å². The highest BCUT2D eigenvalue weighted by atomic mass is 15.2. The van der Waals surface area contributed by atoms with E-state index in [1.165, 1.54) is 66.1 Å². The molecule has 248 valence electrons. The quantitative estimate of drug-likeness (QED) is 0.189. The highest BCUT2D eigenvalue weighted by molar-refractivity contribution is 6.26. The van der Waals surface area contributed by atoms with Gasteiger partial charge in [0.05, 0.1) is 17.7 Å². The number of rotatable bonds is 4. The molecule has 0 saturated carbocycles. The van der Waals surface area contributed by atoms with Crippen molar-refractivity contribution in [3.05, 3.63) is 156 Å². The Bertz CT molecular complexity index is 2370. The Labute approximate surface area is 295 Å². The van der Waals surface area contributed by atoms with Crippen LogP contribution in [0.4, 0.5) is 0 Å². The lowest BCUT2D eigenvalue weighted by atomic mass is 9.79. The number of para-hydroxylation sites is 1. The molecule has 2 heterocycles. The van der Waals surface area contributed by atoms with Gasteiger partial charge in [-0.25, -0.2) is 0 Å². The fourth-order valence-corrected chi connectivity index (χ4v) is 10.0. The number of aromatic nitrogens is 1. The number of nitrogens with zero attached hydrogens (tertiary/aromatic N) is 1. The maximum absolute atomic E-state index is 4.09. The largest absolute Gasteiger partial charge is 0.372 e. The van der Waals surface area contributed by atoms with Crippen LogP contribution in [0.25, 0.3) is 43.7 Å². The first kappa shape index (κ1) is 30.0. The van der Waals surface area contributed by atoms with Gasteiger partial charge in [0.25, 0.3) is 0 Å². The maximum Gasteiger partial charge on any atom is 0.0837 e. The highest BCUT2D eigenvalue weighted by Crippen LogP contribution is 2.56. The van der Waals surface area contributed by atoms with Crippen LogP contribution >= 0.6 is 0 Å². The third-order valence-corrected chi connectivity index (χ3v) is 12.3. The van der Waals surface area contributed by atoms with Crippen molar-refractivity contribution in [3.8, 4) is 11.1 Å². The molecule has 0 radical (unpaired) electrons. The minimum Gasteiger partial charge on any atom is -0.372 e. The van der Waals surface area contributed by atoms with Crippen molar-refractivity contribution in [1.29, 1.82) is 0 Å². The van der Waals surface area contributed by atoms with Crippen molar-refractivity contribution in [2.24, 2.45) is 11.8 Å². The molecule has 0 amide bonds. The minimum absolute atomic E-state index is 0.0748.